The van der Waals surface area contributed by atoms with E-state index in [-0.39, 0.29) is 50.0 Å². The van der Waals surface area contributed by atoms with Crippen molar-refractivity contribution in [3.05, 3.63) is 0 Å². The molecule has 0 rings (SSSR count). The van der Waals surface area contributed by atoms with Crippen LogP contribution in [0, 0.1) is 5.41 Å². The minimum atomic E-state index is -1.38. The van der Waals surface area contributed by atoms with Crippen molar-refractivity contribution in [1.29, 1.82) is 0 Å². The van der Waals surface area contributed by atoms with Gasteiger partial charge >= 0.3 is 0 Å². The van der Waals surface area contributed by atoms with E-state index in [1.807, 2.05) is 0 Å². The van der Waals surface area contributed by atoms with Gasteiger partial charge in [0, 0.05) is 37.1 Å². The van der Waals surface area contributed by atoms with Crippen molar-refractivity contribution in [3.63, 3.8) is 0 Å². The van der Waals surface area contributed by atoms with Gasteiger partial charge in [-0.2, -0.15) is 0 Å². The van der Waals surface area contributed by atoms with Gasteiger partial charge in [-0.05, 0) is 13.3 Å². The summed E-state index contributed by atoms with van der Waals surface area (Å²) < 4.78 is 0. The van der Waals surface area contributed by atoms with Crippen LogP contribution in [0.4, 0.5) is 0 Å². The number of thioether (sulfide) groups is 1. The van der Waals surface area contributed by atoms with Crippen LogP contribution in [0.3, 0.4) is 0 Å². The molecule has 0 saturated heterocycles. The molecule has 0 saturated carbocycles. The Morgan fingerprint density at radius 3 is 2.26 bits per heavy atom. The van der Waals surface area contributed by atoms with Gasteiger partial charge in [-0.1, -0.05) is 25.6 Å². The summed E-state index contributed by atoms with van der Waals surface area (Å²) in [4.78, 5) is 35.0. The number of aliphatic hydroxyl groups is 4. The molecule has 0 aliphatic carbocycles. The quantitative estimate of drug-likeness (QED) is 0.207. The maximum atomic E-state index is 11.7. The van der Waals surface area contributed by atoms with Crippen LogP contribution in [0.1, 0.15) is 40.0 Å². The van der Waals surface area contributed by atoms with Crippen molar-refractivity contribution in [3.8, 4) is 0 Å². The zero-order chi connectivity index (χ0) is 21.0. The Labute approximate surface area is 163 Å². The average molecular weight is 409 g/mol. The summed E-state index contributed by atoms with van der Waals surface area (Å²) in [5, 5.41) is 42.4. The van der Waals surface area contributed by atoms with Gasteiger partial charge in [0.15, 0.2) is 5.12 Å². The zero-order valence-corrected chi connectivity index (χ0v) is 16.9. The Balaban J connectivity index is 3.87. The molecule has 27 heavy (non-hydrogen) atoms. The summed E-state index contributed by atoms with van der Waals surface area (Å²) >= 11 is 0.990. The third kappa shape index (κ3) is 12.0. The Kier molecular flexibility index (Phi) is 12.5. The molecule has 0 spiro atoms. The minimum absolute atomic E-state index is 0.0176. The maximum Gasteiger partial charge on any atom is 0.249 e. The monoisotopic (exact) mass is 408 g/mol. The first-order valence-electron chi connectivity index (χ1n) is 8.84. The summed E-state index contributed by atoms with van der Waals surface area (Å²) in [5.74, 6) is -0.617. The van der Waals surface area contributed by atoms with Gasteiger partial charge in [-0.25, -0.2) is 0 Å². The Hall–Kier alpha value is -1.20. The molecule has 0 unspecified atom stereocenters. The SMILES string of the molecule is C[C@@H](O)C[C@H](O)CC(=O)SCCNC(=O)CCNC(=O)[C@H](O)C(C)(C)CO. The first-order chi connectivity index (χ1) is 12.5. The molecule has 0 aliphatic rings. The lowest BCUT2D eigenvalue weighted by Gasteiger charge is -2.27. The fraction of sp³-hybridized carbons (Fsp3) is 0.824. The second-order valence-corrected chi connectivity index (χ2v) is 8.26. The van der Waals surface area contributed by atoms with Crippen LogP contribution in [0.25, 0.3) is 0 Å². The van der Waals surface area contributed by atoms with Crippen LogP contribution in [0.15, 0.2) is 0 Å². The molecule has 9 nitrogen and oxygen atoms in total. The minimum Gasteiger partial charge on any atom is -0.396 e. The molecule has 3 atom stereocenters. The number of carbonyl (C=O) groups excluding carboxylic acids is 3. The molecular formula is C17H32N2O7S. The van der Waals surface area contributed by atoms with Crippen molar-refractivity contribution >= 4 is 28.7 Å². The summed E-state index contributed by atoms with van der Waals surface area (Å²) in [6.07, 6.45) is -2.83. The fourth-order valence-corrected chi connectivity index (χ4v) is 2.75. The second kappa shape index (κ2) is 13.1. The zero-order valence-electron chi connectivity index (χ0n) is 16.1. The predicted molar refractivity (Wildman–Crippen MR) is 102 cm³/mol. The Bertz CT molecular complexity index is 486. The van der Waals surface area contributed by atoms with Crippen molar-refractivity contribution < 1.29 is 34.8 Å². The number of amides is 2. The molecule has 0 aromatic rings. The van der Waals surface area contributed by atoms with Gasteiger partial charge in [0.2, 0.25) is 11.8 Å². The van der Waals surface area contributed by atoms with E-state index >= 15 is 0 Å². The third-order valence-electron chi connectivity index (χ3n) is 3.75. The molecule has 0 heterocycles. The van der Waals surface area contributed by atoms with Crippen LogP contribution in [-0.4, -0.2) is 81.1 Å². The lowest BCUT2D eigenvalue weighted by atomic mass is 9.87. The van der Waals surface area contributed by atoms with E-state index in [9.17, 15) is 24.6 Å². The van der Waals surface area contributed by atoms with Crippen molar-refractivity contribution in [2.45, 2.75) is 58.3 Å². The van der Waals surface area contributed by atoms with Crippen LogP contribution >= 0.6 is 11.8 Å². The lowest BCUT2D eigenvalue weighted by Crippen LogP contribution is -2.46. The van der Waals surface area contributed by atoms with Gasteiger partial charge < -0.3 is 31.1 Å². The molecule has 0 fully saturated rings. The highest BCUT2D eigenvalue weighted by Gasteiger charge is 2.32. The highest BCUT2D eigenvalue weighted by molar-refractivity contribution is 8.13. The molecule has 0 bridgehead atoms. The highest BCUT2D eigenvalue weighted by Crippen LogP contribution is 2.19. The molecule has 0 aromatic heterocycles. The topological polar surface area (TPSA) is 156 Å². The van der Waals surface area contributed by atoms with Crippen molar-refractivity contribution in [1.82, 2.24) is 10.6 Å². The fourth-order valence-electron chi connectivity index (χ4n) is 2.01. The summed E-state index contributed by atoms with van der Waals surface area (Å²) in [7, 11) is 0. The largest absolute Gasteiger partial charge is 0.396 e. The van der Waals surface area contributed by atoms with Crippen LogP contribution < -0.4 is 10.6 Å². The van der Waals surface area contributed by atoms with Gasteiger partial charge in [0.1, 0.15) is 6.10 Å². The normalized spacial score (nSPS) is 14.9. The molecule has 6 N–H and O–H groups in total. The molecule has 0 radical (unpaired) electrons. The number of nitrogens with one attached hydrogen (secondary N) is 2. The van der Waals surface area contributed by atoms with E-state index in [0.717, 1.165) is 11.8 Å². The van der Waals surface area contributed by atoms with Crippen molar-refractivity contribution in [2.24, 2.45) is 5.41 Å². The van der Waals surface area contributed by atoms with Gasteiger partial charge in [-0.3, -0.25) is 14.4 Å². The standard InChI is InChI=1S/C17H32N2O7S/c1-11(21)8-12(22)9-14(24)27-7-6-18-13(23)4-5-19-16(26)15(25)17(2,3)10-20/h11-12,15,20-22,25H,4-10H2,1-3H3,(H,18,23)(H,19,26)/t11-,12+,15+/m1/s1. The van der Waals surface area contributed by atoms with Gasteiger partial charge in [0.25, 0.3) is 0 Å². The number of rotatable bonds is 13. The van der Waals surface area contributed by atoms with Crippen molar-refractivity contribution in [2.75, 3.05) is 25.4 Å². The summed E-state index contributed by atoms with van der Waals surface area (Å²) in [5.41, 5.74) is -0.973. The van der Waals surface area contributed by atoms with E-state index in [0.29, 0.717) is 5.75 Å². The second-order valence-electron chi connectivity index (χ2n) is 7.10. The van der Waals surface area contributed by atoms with E-state index in [1.54, 1.807) is 13.8 Å². The number of hydrogen-bond donors (Lipinski definition) is 6. The number of aliphatic hydroxyl groups excluding tert-OH is 4. The van der Waals surface area contributed by atoms with Crippen LogP contribution in [0.5, 0.6) is 0 Å². The summed E-state index contributed by atoms with van der Waals surface area (Å²) in [6, 6.07) is 0. The predicted octanol–water partition coefficient (Wildman–Crippen LogP) is -1.23. The Morgan fingerprint density at radius 2 is 1.70 bits per heavy atom. The molecule has 158 valence electrons. The van der Waals surface area contributed by atoms with E-state index < -0.39 is 29.6 Å². The van der Waals surface area contributed by atoms with E-state index in [4.69, 9.17) is 10.2 Å². The third-order valence-corrected chi connectivity index (χ3v) is 4.65. The summed E-state index contributed by atoms with van der Waals surface area (Å²) in [6.45, 7) is 4.58. The van der Waals surface area contributed by atoms with E-state index in [1.165, 1.54) is 6.92 Å². The van der Waals surface area contributed by atoms with Crippen LogP contribution in [-0.2, 0) is 14.4 Å². The molecular weight excluding hydrogens is 376 g/mol. The molecule has 0 aromatic carbocycles. The van der Waals surface area contributed by atoms with Crippen LogP contribution in [0.2, 0.25) is 0 Å². The number of carbonyl (C=O) groups is 3. The maximum absolute atomic E-state index is 11.7. The number of hydrogen-bond acceptors (Lipinski definition) is 8. The highest BCUT2D eigenvalue weighted by atomic mass is 32.2. The molecule has 0 aliphatic heterocycles. The van der Waals surface area contributed by atoms with E-state index in [2.05, 4.69) is 10.6 Å². The first kappa shape index (κ1) is 25.8. The average Bonchev–Trinajstić information content (AvgIpc) is 2.56. The molecule has 2 amide bonds. The lowest BCUT2D eigenvalue weighted by molar-refractivity contribution is -0.137. The Morgan fingerprint density at radius 1 is 1.07 bits per heavy atom. The van der Waals surface area contributed by atoms with Gasteiger partial charge in [0.05, 0.1) is 18.8 Å². The molecule has 10 heteroatoms. The first-order valence-corrected chi connectivity index (χ1v) is 9.83. The van der Waals surface area contributed by atoms with Gasteiger partial charge in [-0.15, -0.1) is 0 Å². The smallest absolute Gasteiger partial charge is 0.249 e.